The standard InChI is InChI=1S/C5H9NO.2C4H7NO/c1-6-4-2-3-5(6)7;2*6-4-2-1-3-5-4/h2-4H2,1H3;2*1-3H2,(H,5,6). The first kappa shape index (κ1) is 15.5. The fourth-order valence-electron chi connectivity index (χ4n) is 1.91. The predicted molar refractivity (Wildman–Crippen MR) is 71.4 cm³/mol. The largest absolute Gasteiger partial charge is 0.356 e. The van der Waals surface area contributed by atoms with Crippen LogP contribution in [0.4, 0.5) is 0 Å². The molecule has 19 heavy (non-hydrogen) atoms. The number of carbonyl (C=O) groups is 3. The number of hydrogen-bond donors (Lipinski definition) is 2. The van der Waals surface area contributed by atoms with Gasteiger partial charge in [0.15, 0.2) is 0 Å². The fraction of sp³-hybridized carbons (Fsp3) is 0.769. The highest BCUT2D eigenvalue weighted by molar-refractivity contribution is 5.78. The van der Waals surface area contributed by atoms with Crippen molar-refractivity contribution in [3.05, 3.63) is 0 Å². The maximum Gasteiger partial charge on any atom is 0.222 e. The topological polar surface area (TPSA) is 78.5 Å². The Morgan fingerprint density at radius 2 is 1.37 bits per heavy atom. The van der Waals surface area contributed by atoms with E-state index < -0.39 is 0 Å². The van der Waals surface area contributed by atoms with Crippen molar-refractivity contribution in [1.29, 1.82) is 0 Å². The summed E-state index contributed by atoms with van der Waals surface area (Å²) in [5.41, 5.74) is 0. The lowest BCUT2D eigenvalue weighted by atomic mass is 10.4. The van der Waals surface area contributed by atoms with E-state index in [9.17, 15) is 14.4 Å². The molecular weight excluding hydrogens is 246 g/mol. The Hall–Kier alpha value is -1.59. The minimum Gasteiger partial charge on any atom is -0.356 e. The summed E-state index contributed by atoms with van der Waals surface area (Å²) in [7, 11) is 1.84. The van der Waals surface area contributed by atoms with E-state index in [4.69, 9.17) is 0 Å². The fourth-order valence-corrected chi connectivity index (χ4v) is 1.91. The summed E-state index contributed by atoms with van der Waals surface area (Å²) in [6.45, 7) is 2.73. The zero-order chi connectivity index (χ0) is 14.1. The SMILES string of the molecule is CN1CCCC1=O.O=C1CCCN1.O=C1CCCN1. The van der Waals surface area contributed by atoms with Gasteiger partial charge in [-0.25, -0.2) is 0 Å². The average molecular weight is 269 g/mol. The highest BCUT2D eigenvalue weighted by Crippen LogP contribution is 2.04. The second-order valence-electron chi connectivity index (χ2n) is 4.83. The maximum absolute atomic E-state index is 10.5. The molecule has 6 heteroatoms. The van der Waals surface area contributed by atoms with Crippen LogP contribution in [-0.4, -0.2) is 49.3 Å². The normalized spacial score (nSPS) is 21.1. The van der Waals surface area contributed by atoms with E-state index in [-0.39, 0.29) is 11.8 Å². The first-order valence-electron chi connectivity index (χ1n) is 6.87. The number of amides is 3. The zero-order valence-corrected chi connectivity index (χ0v) is 11.5. The zero-order valence-electron chi connectivity index (χ0n) is 11.5. The molecule has 0 atom stereocenters. The van der Waals surface area contributed by atoms with E-state index in [1.54, 1.807) is 4.90 Å². The Labute approximate surface area is 113 Å². The number of nitrogens with zero attached hydrogens (tertiary/aromatic N) is 1. The first-order valence-corrected chi connectivity index (χ1v) is 6.87. The van der Waals surface area contributed by atoms with Gasteiger partial charge in [0, 0.05) is 45.9 Å². The minimum absolute atomic E-state index is 0.204. The van der Waals surface area contributed by atoms with Crippen molar-refractivity contribution in [2.45, 2.75) is 38.5 Å². The van der Waals surface area contributed by atoms with Crippen molar-refractivity contribution in [3.8, 4) is 0 Å². The van der Waals surface area contributed by atoms with Gasteiger partial charge in [-0.15, -0.1) is 0 Å². The second-order valence-corrected chi connectivity index (χ2v) is 4.83. The molecule has 3 aliphatic heterocycles. The van der Waals surface area contributed by atoms with Gasteiger partial charge in [-0.3, -0.25) is 14.4 Å². The summed E-state index contributed by atoms with van der Waals surface area (Å²) in [4.78, 5) is 32.5. The predicted octanol–water partition coefficient (Wildman–Crippen LogP) is 0.0314. The first-order chi connectivity index (χ1) is 9.09. The summed E-state index contributed by atoms with van der Waals surface area (Å²) in [5.74, 6) is 0.699. The molecule has 0 unspecified atom stereocenters. The van der Waals surface area contributed by atoms with Gasteiger partial charge >= 0.3 is 0 Å². The number of rotatable bonds is 0. The van der Waals surface area contributed by atoms with E-state index in [2.05, 4.69) is 10.6 Å². The monoisotopic (exact) mass is 269 g/mol. The van der Waals surface area contributed by atoms with E-state index in [1.807, 2.05) is 7.05 Å². The van der Waals surface area contributed by atoms with Gasteiger partial charge in [0.2, 0.25) is 17.7 Å². The van der Waals surface area contributed by atoms with Gasteiger partial charge in [-0.2, -0.15) is 0 Å². The number of carbonyl (C=O) groups excluding carboxylic acids is 3. The number of likely N-dealkylation sites (tertiary alicyclic amines) is 1. The van der Waals surface area contributed by atoms with Gasteiger partial charge < -0.3 is 15.5 Å². The van der Waals surface area contributed by atoms with Gasteiger partial charge in [0.25, 0.3) is 0 Å². The average Bonchev–Trinajstić information content (AvgIpc) is 3.09. The van der Waals surface area contributed by atoms with Crippen molar-refractivity contribution in [3.63, 3.8) is 0 Å². The van der Waals surface area contributed by atoms with Crippen LogP contribution in [0, 0.1) is 0 Å². The van der Waals surface area contributed by atoms with Crippen LogP contribution in [0.1, 0.15) is 38.5 Å². The lowest BCUT2D eigenvalue weighted by Gasteiger charge is -2.03. The van der Waals surface area contributed by atoms with Crippen LogP contribution in [0.25, 0.3) is 0 Å². The molecule has 0 aromatic heterocycles. The van der Waals surface area contributed by atoms with Crippen molar-refractivity contribution in [2.24, 2.45) is 0 Å². The third-order valence-corrected chi connectivity index (χ3v) is 3.12. The summed E-state index contributed by atoms with van der Waals surface area (Å²) in [6.07, 6.45) is 5.34. The Morgan fingerprint density at radius 1 is 0.842 bits per heavy atom. The third kappa shape index (κ3) is 6.79. The van der Waals surface area contributed by atoms with Crippen LogP contribution >= 0.6 is 0 Å². The van der Waals surface area contributed by atoms with Gasteiger partial charge in [-0.1, -0.05) is 0 Å². The Balaban J connectivity index is 0.000000143. The second kappa shape index (κ2) is 8.50. The molecule has 3 fully saturated rings. The Morgan fingerprint density at radius 3 is 1.47 bits per heavy atom. The lowest BCUT2D eigenvalue weighted by molar-refractivity contribution is -0.126. The van der Waals surface area contributed by atoms with Crippen LogP contribution in [0.5, 0.6) is 0 Å². The Kier molecular flexibility index (Phi) is 6.92. The van der Waals surface area contributed by atoms with E-state index >= 15 is 0 Å². The number of hydrogen-bond acceptors (Lipinski definition) is 3. The maximum atomic E-state index is 10.5. The van der Waals surface area contributed by atoms with Crippen LogP contribution in [0.15, 0.2) is 0 Å². The molecule has 3 amide bonds. The van der Waals surface area contributed by atoms with Crippen molar-refractivity contribution >= 4 is 17.7 Å². The van der Waals surface area contributed by atoms with Crippen LogP contribution in [-0.2, 0) is 14.4 Å². The van der Waals surface area contributed by atoms with Crippen molar-refractivity contribution < 1.29 is 14.4 Å². The molecule has 0 spiro atoms. The molecule has 3 heterocycles. The van der Waals surface area contributed by atoms with Gasteiger partial charge in [0.1, 0.15) is 0 Å². The number of nitrogens with one attached hydrogen (secondary N) is 2. The van der Waals surface area contributed by atoms with Crippen molar-refractivity contribution in [2.75, 3.05) is 26.7 Å². The molecular formula is C13H23N3O3. The van der Waals surface area contributed by atoms with E-state index in [0.717, 1.165) is 58.2 Å². The molecule has 3 saturated heterocycles. The molecule has 0 bridgehead atoms. The van der Waals surface area contributed by atoms with E-state index in [1.165, 1.54) is 0 Å². The molecule has 3 aliphatic rings. The summed E-state index contributed by atoms with van der Waals surface area (Å²) in [5, 5.41) is 5.36. The van der Waals surface area contributed by atoms with Crippen LogP contribution in [0.2, 0.25) is 0 Å². The van der Waals surface area contributed by atoms with Gasteiger partial charge in [0.05, 0.1) is 0 Å². The summed E-state index contributed by atoms with van der Waals surface area (Å²) >= 11 is 0. The lowest BCUT2D eigenvalue weighted by Crippen LogP contribution is -2.17. The van der Waals surface area contributed by atoms with Crippen molar-refractivity contribution in [1.82, 2.24) is 15.5 Å². The molecule has 0 aliphatic carbocycles. The molecule has 108 valence electrons. The molecule has 0 aromatic carbocycles. The highest BCUT2D eigenvalue weighted by Gasteiger charge is 2.14. The molecule has 6 nitrogen and oxygen atoms in total. The minimum atomic E-state index is 0.204. The molecule has 0 saturated carbocycles. The van der Waals surface area contributed by atoms with Gasteiger partial charge in [-0.05, 0) is 19.3 Å². The third-order valence-electron chi connectivity index (χ3n) is 3.12. The quantitative estimate of drug-likeness (QED) is 0.651. The summed E-state index contributed by atoms with van der Waals surface area (Å²) < 4.78 is 0. The molecule has 0 radical (unpaired) electrons. The molecule has 0 aromatic rings. The Bertz CT molecular complexity index is 295. The highest BCUT2D eigenvalue weighted by atomic mass is 16.2. The summed E-state index contributed by atoms with van der Waals surface area (Å²) in [6, 6.07) is 0. The smallest absolute Gasteiger partial charge is 0.222 e. The van der Waals surface area contributed by atoms with E-state index in [0.29, 0.717) is 5.91 Å². The van der Waals surface area contributed by atoms with Crippen LogP contribution < -0.4 is 10.6 Å². The van der Waals surface area contributed by atoms with Crippen LogP contribution in [0.3, 0.4) is 0 Å². The molecule has 2 N–H and O–H groups in total. The molecule has 3 rings (SSSR count).